The van der Waals surface area contributed by atoms with E-state index in [9.17, 15) is 4.79 Å². The molecule has 0 bridgehead atoms. The Balaban J connectivity index is 0.00000264. The lowest BCUT2D eigenvalue weighted by atomic mass is 10.1. The summed E-state index contributed by atoms with van der Waals surface area (Å²) in [4.78, 5) is 12.3. The molecule has 6 heteroatoms. The third kappa shape index (κ3) is 5.59. The van der Waals surface area contributed by atoms with Crippen molar-refractivity contribution in [3.63, 3.8) is 0 Å². The van der Waals surface area contributed by atoms with E-state index in [4.69, 9.17) is 15.2 Å². The highest BCUT2D eigenvalue weighted by molar-refractivity contribution is 5.95. The first-order valence-electron chi connectivity index (χ1n) is 8.01. The third-order valence-electron chi connectivity index (χ3n) is 3.94. The largest absolute Gasteiger partial charge is 0.493 e. The number of carbonyl (C=O) groups is 1. The minimum Gasteiger partial charge on any atom is -0.493 e. The van der Waals surface area contributed by atoms with Crippen LogP contribution in [0.3, 0.4) is 0 Å². The van der Waals surface area contributed by atoms with Gasteiger partial charge < -0.3 is 20.5 Å². The Labute approximate surface area is 144 Å². The van der Waals surface area contributed by atoms with Crippen LogP contribution in [0.5, 0.6) is 11.5 Å². The third-order valence-corrected chi connectivity index (χ3v) is 3.94. The number of methoxy groups -OCH3 is 1. The molecule has 0 saturated heterocycles. The highest BCUT2D eigenvalue weighted by Gasteiger charge is 2.31. The van der Waals surface area contributed by atoms with Crippen molar-refractivity contribution >= 4 is 18.3 Å². The highest BCUT2D eigenvalue weighted by Crippen LogP contribution is 2.33. The predicted molar refractivity (Wildman–Crippen MR) is 93.7 cm³/mol. The number of carbonyl (C=O) groups excluding carboxylic acids is 1. The van der Waals surface area contributed by atoms with Crippen LogP contribution < -0.4 is 20.5 Å². The number of ether oxygens (including phenoxy) is 2. The van der Waals surface area contributed by atoms with Crippen molar-refractivity contribution in [2.75, 3.05) is 20.3 Å². The Morgan fingerprint density at radius 3 is 2.70 bits per heavy atom. The molecule has 0 aromatic heterocycles. The molecule has 1 saturated carbocycles. The molecule has 1 aliphatic carbocycles. The number of benzene rings is 1. The van der Waals surface area contributed by atoms with Crippen molar-refractivity contribution in [3.05, 3.63) is 23.8 Å². The molecule has 0 spiro atoms. The quantitative estimate of drug-likeness (QED) is 0.677. The first kappa shape index (κ1) is 19.6. The molecule has 1 aromatic carbocycles. The molecule has 1 aromatic rings. The van der Waals surface area contributed by atoms with Gasteiger partial charge in [-0.15, -0.1) is 12.4 Å². The number of nitrogens with one attached hydrogen (secondary N) is 1. The fourth-order valence-corrected chi connectivity index (χ4v) is 2.37. The van der Waals surface area contributed by atoms with Crippen LogP contribution in [0, 0.1) is 5.92 Å². The van der Waals surface area contributed by atoms with Gasteiger partial charge in [-0.3, -0.25) is 4.79 Å². The SMILES string of the molecule is CCCCOc1ccc(C(=O)NC(CN)C2CC2)cc1OC.Cl. The Hall–Kier alpha value is -1.46. The van der Waals surface area contributed by atoms with Crippen molar-refractivity contribution in [1.82, 2.24) is 5.32 Å². The zero-order chi connectivity index (χ0) is 15.9. The predicted octanol–water partition coefficient (Wildman–Crippen LogP) is 2.76. The normalized spacial score (nSPS) is 14.6. The summed E-state index contributed by atoms with van der Waals surface area (Å²) in [6.45, 7) is 3.24. The van der Waals surface area contributed by atoms with Gasteiger partial charge in [0.15, 0.2) is 11.5 Å². The van der Waals surface area contributed by atoms with E-state index in [1.807, 2.05) is 0 Å². The van der Waals surface area contributed by atoms with Crippen molar-refractivity contribution in [3.8, 4) is 11.5 Å². The van der Waals surface area contributed by atoms with Crippen LogP contribution in [-0.2, 0) is 0 Å². The standard InChI is InChI=1S/C17H26N2O3.ClH/c1-3-4-9-22-15-8-7-13(10-16(15)21-2)17(20)19-14(11-18)12-5-6-12;/h7-8,10,12,14H,3-6,9,11,18H2,1-2H3,(H,19,20);1H. The van der Waals surface area contributed by atoms with Gasteiger partial charge in [0, 0.05) is 18.2 Å². The van der Waals surface area contributed by atoms with Gasteiger partial charge in [0.25, 0.3) is 5.91 Å². The Morgan fingerprint density at radius 1 is 1.39 bits per heavy atom. The number of rotatable bonds is 9. The van der Waals surface area contributed by atoms with Crippen LogP contribution in [0.2, 0.25) is 0 Å². The maximum absolute atomic E-state index is 12.3. The minimum absolute atomic E-state index is 0. The summed E-state index contributed by atoms with van der Waals surface area (Å²) in [7, 11) is 1.58. The number of amides is 1. The molecule has 0 aliphatic heterocycles. The second-order valence-corrected chi connectivity index (χ2v) is 5.72. The van der Waals surface area contributed by atoms with Crippen molar-refractivity contribution in [1.29, 1.82) is 0 Å². The molecule has 0 heterocycles. The van der Waals surface area contributed by atoms with E-state index >= 15 is 0 Å². The van der Waals surface area contributed by atoms with E-state index in [2.05, 4.69) is 12.2 Å². The van der Waals surface area contributed by atoms with Crippen LogP contribution in [0.1, 0.15) is 43.0 Å². The molecule has 5 nitrogen and oxygen atoms in total. The van der Waals surface area contributed by atoms with Crippen molar-refractivity contribution in [2.24, 2.45) is 11.7 Å². The number of unbranched alkanes of at least 4 members (excludes halogenated alkanes) is 1. The number of hydrogen-bond donors (Lipinski definition) is 2. The molecule has 3 N–H and O–H groups in total. The van der Waals surface area contributed by atoms with Gasteiger partial charge in [-0.1, -0.05) is 13.3 Å². The van der Waals surface area contributed by atoms with Crippen molar-refractivity contribution in [2.45, 2.75) is 38.6 Å². The summed E-state index contributed by atoms with van der Waals surface area (Å²) in [5.41, 5.74) is 6.30. The average Bonchev–Trinajstić information content (AvgIpc) is 3.37. The van der Waals surface area contributed by atoms with Gasteiger partial charge >= 0.3 is 0 Å². The molecule has 1 unspecified atom stereocenters. The topological polar surface area (TPSA) is 73.6 Å². The van der Waals surface area contributed by atoms with Crippen LogP contribution >= 0.6 is 12.4 Å². The molecule has 1 aliphatic rings. The Morgan fingerprint density at radius 2 is 2.13 bits per heavy atom. The fraction of sp³-hybridized carbons (Fsp3) is 0.588. The zero-order valence-corrected chi connectivity index (χ0v) is 14.7. The molecule has 1 amide bonds. The first-order chi connectivity index (χ1) is 10.7. The summed E-state index contributed by atoms with van der Waals surface area (Å²) in [6.07, 6.45) is 4.36. The Kier molecular flexibility index (Phi) is 8.20. The molecule has 1 fully saturated rings. The van der Waals surface area contributed by atoms with E-state index < -0.39 is 0 Å². The van der Waals surface area contributed by atoms with Gasteiger partial charge in [0.2, 0.25) is 0 Å². The number of halogens is 1. The zero-order valence-electron chi connectivity index (χ0n) is 13.8. The van der Waals surface area contributed by atoms with Crippen LogP contribution in [0.25, 0.3) is 0 Å². The molecular weight excluding hydrogens is 316 g/mol. The van der Waals surface area contributed by atoms with E-state index in [0.717, 1.165) is 25.7 Å². The Bertz CT molecular complexity index is 507. The van der Waals surface area contributed by atoms with Gasteiger partial charge in [0.1, 0.15) is 0 Å². The second kappa shape index (κ2) is 9.63. The van der Waals surface area contributed by atoms with E-state index in [1.165, 1.54) is 0 Å². The second-order valence-electron chi connectivity index (χ2n) is 5.72. The molecule has 1 atom stereocenters. The molecule has 2 rings (SSSR count). The summed E-state index contributed by atoms with van der Waals surface area (Å²) in [5.74, 6) is 1.68. The first-order valence-corrected chi connectivity index (χ1v) is 8.01. The van der Waals surface area contributed by atoms with Gasteiger partial charge in [-0.05, 0) is 43.4 Å². The number of hydrogen-bond acceptors (Lipinski definition) is 4. The lowest BCUT2D eigenvalue weighted by Gasteiger charge is -2.17. The molecule has 0 radical (unpaired) electrons. The van der Waals surface area contributed by atoms with Crippen LogP contribution in [-0.4, -0.2) is 32.2 Å². The average molecular weight is 343 g/mol. The fourth-order valence-electron chi connectivity index (χ4n) is 2.37. The van der Waals surface area contributed by atoms with Gasteiger partial charge in [0.05, 0.1) is 13.7 Å². The summed E-state index contributed by atoms with van der Waals surface area (Å²) in [6, 6.07) is 5.34. The maximum atomic E-state index is 12.3. The van der Waals surface area contributed by atoms with Gasteiger partial charge in [-0.2, -0.15) is 0 Å². The van der Waals surface area contributed by atoms with E-state index in [0.29, 0.717) is 36.1 Å². The van der Waals surface area contributed by atoms with Crippen LogP contribution in [0.15, 0.2) is 18.2 Å². The monoisotopic (exact) mass is 342 g/mol. The van der Waals surface area contributed by atoms with Crippen molar-refractivity contribution < 1.29 is 14.3 Å². The molecular formula is C17H27ClN2O3. The lowest BCUT2D eigenvalue weighted by molar-refractivity contribution is 0.0933. The highest BCUT2D eigenvalue weighted by atomic mass is 35.5. The molecule has 130 valence electrons. The van der Waals surface area contributed by atoms with Gasteiger partial charge in [-0.25, -0.2) is 0 Å². The maximum Gasteiger partial charge on any atom is 0.251 e. The summed E-state index contributed by atoms with van der Waals surface area (Å²) >= 11 is 0. The summed E-state index contributed by atoms with van der Waals surface area (Å²) in [5, 5.41) is 3.01. The van der Waals surface area contributed by atoms with E-state index in [1.54, 1.807) is 25.3 Å². The lowest BCUT2D eigenvalue weighted by Crippen LogP contribution is -2.41. The smallest absolute Gasteiger partial charge is 0.251 e. The summed E-state index contributed by atoms with van der Waals surface area (Å²) < 4.78 is 11.0. The minimum atomic E-state index is -0.110. The molecule has 23 heavy (non-hydrogen) atoms. The number of nitrogens with two attached hydrogens (primary N) is 1. The van der Waals surface area contributed by atoms with E-state index in [-0.39, 0.29) is 24.4 Å². The van der Waals surface area contributed by atoms with Crippen LogP contribution in [0.4, 0.5) is 0 Å².